The number of benzene rings is 9. The van der Waals surface area contributed by atoms with E-state index in [0.29, 0.717) is 5.82 Å². The Morgan fingerprint density at radius 3 is 1.60 bits per heavy atom. The van der Waals surface area contributed by atoms with Crippen molar-refractivity contribution >= 4 is 65.4 Å². The van der Waals surface area contributed by atoms with Crippen molar-refractivity contribution in [2.75, 3.05) is 0 Å². The molecule has 0 aliphatic carbocycles. The first-order valence-corrected chi connectivity index (χ1v) is 21.4. The van der Waals surface area contributed by atoms with Gasteiger partial charge in [-0.3, -0.25) is 0 Å². The monoisotopic (exact) mass is 803 g/mol. The van der Waals surface area contributed by atoms with Crippen LogP contribution in [0.5, 0.6) is 0 Å². The molecule has 294 valence electrons. The topological polar surface area (TPSA) is 40.6 Å². The number of hydrogen-bond donors (Lipinski definition) is 0. The molecule has 0 saturated carbocycles. The van der Waals surface area contributed by atoms with Crippen molar-refractivity contribution in [1.82, 2.24) is 23.7 Å². The first-order valence-electron chi connectivity index (χ1n) is 21.4. The van der Waals surface area contributed by atoms with Crippen molar-refractivity contribution in [2.24, 2.45) is 0 Å². The third-order valence-electron chi connectivity index (χ3n) is 12.6. The lowest BCUT2D eigenvalue weighted by Gasteiger charge is -2.12. The molecule has 5 heteroatoms. The van der Waals surface area contributed by atoms with Gasteiger partial charge in [-0.25, -0.2) is 9.97 Å². The van der Waals surface area contributed by atoms with E-state index in [4.69, 9.17) is 9.97 Å². The molecule has 13 aromatic rings. The predicted octanol–water partition coefficient (Wildman–Crippen LogP) is 14.8. The summed E-state index contributed by atoms with van der Waals surface area (Å²) in [6.07, 6.45) is 2.30. The van der Waals surface area contributed by atoms with Gasteiger partial charge in [0.2, 0.25) is 0 Å². The van der Waals surface area contributed by atoms with E-state index in [-0.39, 0.29) is 0 Å². The molecule has 4 heterocycles. The molecular weight excluding hydrogens is 767 g/mol. The van der Waals surface area contributed by atoms with Crippen LogP contribution in [-0.4, -0.2) is 23.7 Å². The lowest BCUT2D eigenvalue weighted by atomic mass is 10.0. The Morgan fingerprint density at radius 1 is 0.317 bits per heavy atom. The lowest BCUT2D eigenvalue weighted by molar-refractivity contribution is 1.12. The Balaban J connectivity index is 1.05. The van der Waals surface area contributed by atoms with Gasteiger partial charge in [-0.05, 0) is 84.4 Å². The molecule has 0 amide bonds. The summed E-state index contributed by atoms with van der Waals surface area (Å²) in [5.41, 5.74) is 15.4. The summed E-state index contributed by atoms with van der Waals surface area (Å²) in [6, 6.07) is 77.9. The Bertz CT molecular complexity index is 3880. The van der Waals surface area contributed by atoms with Gasteiger partial charge in [-0.1, -0.05) is 140 Å². The van der Waals surface area contributed by atoms with Gasteiger partial charge in [0.05, 0.1) is 38.8 Å². The van der Waals surface area contributed by atoms with E-state index in [1.165, 1.54) is 38.2 Å². The molecule has 4 aromatic heterocycles. The number of hydrogen-bond acceptors (Lipinski definition) is 2. The van der Waals surface area contributed by atoms with Crippen molar-refractivity contribution in [3.8, 4) is 50.8 Å². The van der Waals surface area contributed by atoms with Crippen molar-refractivity contribution in [3.63, 3.8) is 0 Å². The molecule has 0 fully saturated rings. The molecule has 0 bridgehead atoms. The van der Waals surface area contributed by atoms with Crippen LogP contribution in [0, 0.1) is 0 Å². The normalized spacial score (nSPS) is 11.8. The van der Waals surface area contributed by atoms with E-state index in [1.54, 1.807) is 0 Å². The van der Waals surface area contributed by atoms with Crippen LogP contribution in [0.25, 0.3) is 116 Å². The molecule has 0 radical (unpaired) electrons. The average molecular weight is 804 g/mol. The van der Waals surface area contributed by atoms with Crippen LogP contribution in [0.1, 0.15) is 0 Å². The van der Waals surface area contributed by atoms with Crippen molar-refractivity contribution in [1.29, 1.82) is 0 Å². The quantitative estimate of drug-likeness (QED) is 0.168. The molecule has 0 unspecified atom stereocenters. The number of nitrogens with zero attached hydrogens (tertiary/aromatic N) is 5. The second-order valence-electron chi connectivity index (χ2n) is 16.2. The van der Waals surface area contributed by atoms with Gasteiger partial charge in [-0.2, -0.15) is 0 Å². The summed E-state index contributed by atoms with van der Waals surface area (Å²) in [5, 5.41) is 6.92. The Hall–Kier alpha value is -8.54. The van der Waals surface area contributed by atoms with Crippen molar-refractivity contribution in [3.05, 3.63) is 225 Å². The fourth-order valence-electron chi connectivity index (χ4n) is 9.84. The zero-order valence-corrected chi connectivity index (χ0v) is 34.1. The fraction of sp³-hybridized carbons (Fsp3) is 0. The van der Waals surface area contributed by atoms with E-state index in [0.717, 1.165) is 72.2 Å². The van der Waals surface area contributed by atoms with Gasteiger partial charge in [0.25, 0.3) is 0 Å². The van der Waals surface area contributed by atoms with E-state index >= 15 is 0 Å². The average Bonchev–Trinajstić information content (AvgIpc) is 4.02. The SMILES string of the molecule is c1ccc(-c2cn(-c3ccccc3)c3c2ccc2c4cc(-c5nc(-c6ccc7c(c6)c6ccccc6n7-c6ccccc6)c6ccccc6n5)ccc4n(-c4ccccc4)c23)cc1. The lowest BCUT2D eigenvalue weighted by Crippen LogP contribution is -1.98. The summed E-state index contributed by atoms with van der Waals surface area (Å²) in [7, 11) is 0. The van der Waals surface area contributed by atoms with Crippen molar-refractivity contribution < 1.29 is 0 Å². The minimum atomic E-state index is 0.693. The van der Waals surface area contributed by atoms with Gasteiger partial charge in [-0.15, -0.1) is 0 Å². The van der Waals surface area contributed by atoms with Gasteiger partial charge in [0, 0.05) is 72.3 Å². The predicted molar refractivity (Wildman–Crippen MR) is 261 cm³/mol. The maximum Gasteiger partial charge on any atom is 0.160 e. The largest absolute Gasteiger partial charge is 0.314 e. The summed E-state index contributed by atoms with van der Waals surface area (Å²) in [6.45, 7) is 0. The molecule has 0 aliphatic heterocycles. The molecule has 0 saturated heterocycles. The third kappa shape index (κ3) is 5.50. The highest BCUT2D eigenvalue weighted by atomic mass is 15.0. The highest BCUT2D eigenvalue weighted by Crippen LogP contribution is 2.43. The third-order valence-corrected chi connectivity index (χ3v) is 12.6. The fourth-order valence-corrected chi connectivity index (χ4v) is 9.84. The summed E-state index contributed by atoms with van der Waals surface area (Å²) in [5.74, 6) is 0.693. The van der Waals surface area contributed by atoms with Gasteiger partial charge in [0.1, 0.15) is 0 Å². The van der Waals surface area contributed by atoms with Gasteiger partial charge in [0.15, 0.2) is 5.82 Å². The number of aromatic nitrogens is 5. The summed E-state index contributed by atoms with van der Waals surface area (Å²) < 4.78 is 7.15. The van der Waals surface area contributed by atoms with E-state index in [9.17, 15) is 0 Å². The molecule has 0 spiro atoms. The van der Waals surface area contributed by atoms with Crippen molar-refractivity contribution in [2.45, 2.75) is 0 Å². The Morgan fingerprint density at radius 2 is 0.857 bits per heavy atom. The minimum Gasteiger partial charge on any atom is -0.314 e. The molecule has 9 aromatic carbocycles. The first kappa shape index (κ1) is 35.2. The molecule has 0 N–H and O–H groups in total. The van der Waals surface area contributed by atoms with Crippen LogP contribution < -0.4 is 0 Å². The molecule has 63 heavy (non-hydrogen) atoms. The van der Waals surface area contributed by atoms with Gasteiger partial charge >= 0.3 is 0 Å². The maximum atomic E-state index is 5.46. The van der Waals surface area contributed by atoms with Crippen LogP contribution in [-0.2, 0) is 0 Å². The van der Waals surface area contributed by atoms with Crippen LogP contribution >= 0.6 is 0 Å². The number of fused-ring (bicyclic) bond motifs is 9. The van der Waals surface area contributed by atoms with E-state index < -0.39 is 0 Å². The van der Waals surface area contributed by atoms with Crippen LogP contribution in [0.15, 0.2) is 225 Å². The zero-order valence-electron chi connectivity index (χ0n) is 34.1. The summed E-state index contributed by atoms with van der Waals surface area (Å²) in [4.78, 5) is 10.7. The maximum absolute atomic E-state index is 5.46. The Kier molecular flexibility index (Phi) is 7.84. The Labute approximate surface area is 363 Å². The van der Waals surface area contributed by atoms with Crippen LogP contribution in [0.2, 0.25) is 0 Å². The molecule has 13 rings (SSSR count). The minimum absolute atomic E-state index is 0.693. The van der Waals surface area contributed by atoms with E-state index in [2.05, 4.69) is 238 Å². The van der Waals surface area contributed by atoms with Crippen LogP contribution in [0.3, 0.4) is 0 Å². The van der Waals surface area contributed by atoms with E-state index in [1.807, 2.05) is 0 Å². The zero-order chi connectivity index (χ0) is 41.4. The number of para-hydroxylation sites is 5. The first-order chi connectivity index (χ1) is 31.3. The molecule has 0 atom stereocenters. The van der Waals surface area contributed by atoms with Crippen LogP contribution in [0.4, 0.5) is 0 Å². The molecule has 0 aliphatic rings. The summed E-state index contributed by atoms with van der Waals surface area (Å²) >= 11 is 0. The van der Waals surface area contributed by atoms with Gasteiger partial charge < -0.3 is 13.7 Å². The highest BCUT2D eigenvalue weighted by Gasteiger charge is 2.23. The second kappa shape index (κ2) is 14.0. The highest BCUT2D eigenvalue weighted by molar-refractivity contribution is 6.21. The standard InChI is InChI=1S/C58H37N5/c1-5-17-38(18-6-1)50-37-61(41-19-7-2-8-20-41)56-46(50)32-31-45-49-36-40(30-34-54(49)63(57(45)56)43-23-11-4-12-24-43)58-59-51-27-15-13-26-47(51)55(60-58)39-29-33-53-48(35-39)44-25-14-16-28-52(44)62(53)42-21-9-3-10-22-42/h1-37H. The molecular formula is C58H37N5. The molecule has 5 nitrogen and oxygen atoms in total. The second-order valence-corrected chi connectivity index (χ2v) is 16.2. The smallest absolute Gasteiger partial charge is 0.160 e. The number of rotatable bonds is 6.